The molecular formula is C23H29N3O5. The lowest BCUT2D eigenvalue weighted by Crippen LogP contribution is -2.34. The number of nitrogens with one attached hydrogen (secondary N) is 2. The van der Waals surface area contributed by atoms with Gasteiger partial charge in [-0.25, -0.2) is 5.43 Å². The van der Waals surface area contributed by atoms with Crippen LogP contribution in [0.2, 0.25) is 0 Å². The summed E-state index contributed by atoms with van der Waals surface area (Å²) in [5.41, 5.74) is 5.68. The van der Waals surface area contributed by atoms with Gasteiger partial charge in [0.25, 0.3) is 11.8 Å². The molecule has 8 heteroatoms. The molecule has 166 valence electrons. The van der Waals surface area contributed by atoms with Gasteiger partial charge in [0.2, 0.25) is 0 Å². The molecule has 0 unspecified atom stereocenters. The van der Waals surface area contributed by atoms with E-state index in [0.717, 1.165) is 22.4 Å². The van der Waals surface area contributed by atoms with E-state index in [2.05, 4.69) is 29.7 Å². The van der Waals surface area contributed by atoms with Gasteiger partial charge in [-0.3, -0.25) is 9.59 Å². The lowest BCUT2D eigenvalue weighted by molar-refractivity contribution is -0.120. The molecule has 0 atom stereocenters. The fourth-order valence-electron chi connectivity index (χ4n) is 2.94. The number of aryl methyl sites for hydroxylation is 1. The minimum absolute atomic E-state index is 0.219. The molecule has 31 heavy (non-hydrogen) atoms. The summed E-state index contributed by atoms with van der Waals surface area (Å²) in [5, 5.41) is 6.55. The van der Waals surface area contributed by atoms with Crippen LogP contribution in [-0.4, -0.2) is 45.9 Å². The van der Waals surface area contributed by atoms with E-state index in [-0.39, 0.29) is 12.5 Å². The highest BCUT2D eigenvalue weighted by Gasteiger charge is 2.12. The molecule has 2 aromatic carbocycles. The quantitative estimate of drug-likeness (QED) is 0.474. The van der Waals surface area contributed by atoms with Crippen molar-refractivity contribution in [3.8, 4) is 17.2 Å². The van der Waals surface area contributed by atoms with Gasteiger partial charge < -0.3 is 19.5 Å². The van der Waals surface area contributed by atoms with Crippen LogP contribution >= 0.6 is 0 Å². The minimum Gasteiger partial charge on any atom is -0.496 e. The average Bonchev–Trinajstić information content (AvgIpc) is 2.77. The SMILES string of the molecule is COc1ccc(C(=O)NCC(=O)NN=Cc2cc(C(C)C)c(OC)cc2C)cc1OC. The Labute approximate surface area is 182 Å². The molecule has 8 nitrogen and oxygen atoms in total. The highest BCUT2D eigenvalue weighted by atomic mass is 16.5. The largest absolute Gasteiger partial charge is 0.496 e. The summed E-state index contributed by atoms with van der Waals surface area (Å²) in [6.07, 6.45) is 1.58. The number of hydrazone groups is 1. The number of hydrogen-bond donors (Lipinski definition) is 2. The summed E-state index contributed by atoms with van der Waals surface area (Å²) in [4.78, 5) is 24.3. The summed E-state index contributed by atoms with van der Waals surface area (Å²) in [5.74, 6) is 1.20. The second-order valence-corrected chi connectivity index (χ2v) is 7.15. The van der Waals surface area contributed by atoms with Crippen LogP contribution in [0.25, 0.3) is 0 Å². The molecule has 0 aliphatic heterocycles. The molecule has 0 bridgehead atoms. The summed E-state index contributed by atoms with van der Waals surface area (Å²) in [6, 6.07) is 8.70. The molecule has 0 aliphatic carbocycles. The summed E-state index contributed by atoms with van der Waals surface area (Å²) < 4.78 is 15.8. The highest BCUT2D eigenvalue weighted by Crippen LogP contribution is 2.29. The van der Waals surface area contributed by atoms with E-state index in [9.17, 15) is 9.59 Å². The lowest BCUT2D eigenvalue weighted by atomic mass is 9.97. The van der Waals surface area contributed by atoms with Crippen molar-refractivity contribution < 1.29 is 23.8 Å². The van der Waals surface area contributed by atoms with E-state index in [1.54, 1.807) is 31.5 Å². The molecule has 2 aromatic rings. The average molecular weight is 428 g/mol. The summed E-state index contributed by atoms with van der Waals surface area (Å²) in [6.45, 7) is 5.89. The first-order valence-corrected chi connectivity index (χ1v) is 9.81. The molecule has 0 aromatic heterocycles. The van der Waals surface area contributed by atoms with Crippen molar-refractivity contribution in [2.24, 2.45) is 5.10 Å². The van der Waals surface area contributed by atoms with Crippen LogP contribution in [0.4, 0.5) is 0 Å². The molecule has 0 saturated heterocycles. The molecule has 2 amide bonds. The van der Waals surface area contributed by atoms with Crippen LogP contribution in [0, 0.1) is 6.92 Å². The van der Waals surface area contributed by atoms with Gasteiger partial charge in [-0.15, -0.1) is 0 Å². The third-order valence-electron chi connectivity index (χ3n) is 4.69. The monoisotopic (exact) mass is 427 g/mol. The zero-order chi connectivity index (χ0) is 23.0. The van der Waals surface area contributed by atoms with E-state index < -0.39 is 11.8 Å². The van der Waals surface area contributed by atoms with E-state index in [1.165, 1.54) is 14.2 Å². The first kappa shape index (κ1) is 23.7. The Bertz CT molecular complexity index is 970. The van der Waals surface area contributed by atoms with Gasteiger partial charge in [0.1, 0.15) is 5.75 Å². The van der Waals surface area contributed by atoms with E-state index in [1.807, 2.05) is 19.1 Å². The number of hydrogen-bond acceptors (Lipinski definition) is 6. The molecule has 0 heterocycles. The molecular weight excluding hydrogens is 398 g/mol. The Hall–Kier alpha value is -3.55. The fourth-order valence-corrected chi connectivity index (χ4v) is 2.94. The number of rotatable bonds is 9. The standard InChI is InChI=1S/C23H29N3O5/c1-14(2)18-10-17(15(3)9-20(18)30-5)12-25-26-22(27)13-24-23(28)16-7-8-19(29-4)21(11-16)31-6/h7-12,14H,13H2,1-6H3,(H,24,28)(H,26,27). The molecule has 0 saturated carbocycles. The maximum Gasteiger partial charge on any atom is 0.259 e. The molecule has 0 fully saturated rings. The minimum atomic E-state index is -0.444. The van der Waals surface area contributed by atoms with Gasteiger partial charge >= 0.3 is 0 Å². The van der Waals surface area contributed by atoms with Crippen molar-refractivity contribution in [2.45, 2.75) is 26.7 Å². The molecule has 0 spiro atoms. The van der Waals surface area contributed by atoms with Crippen LogP contribution < -0.4 is 25.0 Å². The van der Waals surface area contributed by atoms with Crippen LogP contribution in [-0.2, 0) is 4.79 Å². The predicted octanol–water partition coefficient (Wildman–Crippen LogP) is 3.02. The molecule has 2 rings (SSSR count). The first-order valence-electron chi connectivity index (χ1n) is 9.81. The highest BCUT2D eigenvalue weighted by molar-refractivity contribution is 5.97. The van der Waals surface area contributed by atoms with E-state index in [0.29, 0.717) is 17.1 Å². The lowest BCUT2D eigenvalue weighted by Gasteiger charge is -2.14. The van der Waals surface area contributed by atoms with Crippen molar-refractivity contribution in [3.05, 3.63) is 52.6 Å². The summed E-state index contributed by atoms with van der Waals surface area (Å²) >= 11 is 0. The van der Waals surface area contributed by atoms with Gasteiger partial charge in [0.15, 0.2) is 11.5 Å². The van der Waals surface area contributed by atoms with Crippen LogP contribution in [0.15, 0.2) is 35.4 Å². The van der Waals surface area contributed by atoms with E-state index >= 15 is 0 Å². The van der Waals surface area contributed by atoms with E-state index in [4.69, 9.17) is 14.2 Å². The molecule has 2 N–H and O–H groups in total. The number of nitrogens with zero attached hydrogens (tertiary/aromatic N) is 1. The van der Waals surface area contributed by atoms with Gasteiger partial charge in [-0.2, -0.15) is 5.10 Å². The number of benzene rings is 2. The topological polar surface area (TPSA) is 98.2 Å². The Morgan fingerprint density at radius 1 is 1.00 bits per heavy atom. The van der Waals surface area contributed by atoms with Crippen molar-refractivity contribution in [3.63, 3.8) is 0 Å². The van der Waals surface area contributed by atoms with Crippen molar-refractivity contribution >= 4 is 18.0 Å². The Morgan fingerprint density at radius 2 is 1.68 bits per heavy atom. The van der Waals surface area contributed by atoms with Gasteiger partial charge in [0.05, 0.1) is 34.1 Å². The third-order valence-corrected chi connectivity index (χ3v) is 4.69. The van der Waals surface area contributed by atoms with Crippen LogP contribution in [0.1, 0.15) is 46.8 Å². The van der Waals surface area contributed by atoms with Crippen molar-refractivity contribution in [2.75, 3.05) is 27.9 Å². The third kappa shape index (κ3) is 6.21. The van der Waals surface area contributed by atoms with Crippen molar-refractivity contribution in [1.82, 2.24) is 10.7 Å². The Morgan fingerprint density at radius 3 is 2.29 bits per heavy atom. The summed E-state index contributed by atoms with van der Waals surface area (Å²) in [7, 11) is 4.64. The maximum absolute atomic E-state index is 12.3. The second-order valence-electron chi connectivity index (χ2n) is 7.15. The smallest absolute Gasteiger partial charge is 0.259 e. The zero-order valence-corrected chi connectivity index (χ0v) is 18.7. The Balaban J connectivity index is 1.96. The van der Waals surface area contributed by atoms with Crippen LogP contribution in [0.3, 0.4) is 0 Å². The number of methoxy groups -OCH3 is 3. The second kappa shape index (κ2) is 11.0. The fraction of sp³-hybridized carbons (Fsp3) is 0.348. The number of amides is 2. The molecule has 0 radical (unpaired) electrons. The maximum atomic E-state index is 12.3. The van der Waals surface area contributed by atoms with Gasteiger partial charge in [-0.05, 0) is 59.9 Å². The molecule has 0 aliphatic rings. The first-order chi connectivity index (χ1) is 14.8. The van der Waals surface area contributed by atoms with Crippen LogP contribution in [0.5, 0.6) is 17.2 Å². The number of carbonyl (C=O) groups is 2. The number of carbonyl (C=O) groups excluding carboxylic acids is 2. The van der Waals surface area contributed by atoms with Crippen molar-refractivity contribution in [1.29, 1.82) is 0 Å². The normalized spacial score (nSPS) is 10.8. The zero-order valence-electron chi connectivity index (χ0n) is 18.7. The van der Waals surface area contributed by atoms with Gasteiger partial charge in [-0.1, -0.05) is 13.8 Å². The Kier molecular flexibility index (Phi) is 8.43. The van der Waals surface area contributed by atoms with Gasteiger partial charge in [0, 0.05) is 5.56 Å². The predicted molar refractivity (Wildman–Crippen MR) is 119 cm³/mol. The number of ether oxygens (including phenoxy) is 3.